The van der Waals surface area contributed by atoms with Crippen LogP contribution < -0.4 is 0 Å². The first-order valence-corrected chi connectivity index (χ1v) is 3.69. The third-order valence-electron chi connectivity index (χ3n) is 1.04. The van der Waals surface area contributed by atoms with Crippen LogP contribution in [0.1, 0.15) is 32.6 Å². The molecular weight excluding hydrogens is 156 g/mol. The van der Waals surface area contributed by atoms with Crippen molar-refractivity contribution in [3.05, 3.63) is 0 Å². The number of carbonyl (C=O) groups is 1. The number of rotatable bonds is 4. The Kier molecular flexibility index (Phi) is 13.2. The lowest BCUT2D eigenvalue weighted by Crippen LogP contribution is -1.92. The highest BCUT2D eigenvalue weighted by Crippen LogP contribution is 1.97. The predicted molar refractivity (Wildman–Crippen MR) is 43.0 cm³/mol. The number of nitrogens with zero attached hydrogens (tertiary/aromatic N) is 2. The Hall–Kier alpha value is -1.55. The van der Waals surface area contributed by atoms with Gasteiger partial charge in [-0.2, -0.15) is 10.5 Å². The molecule has 0 atom stereocenters. The largest absolute Gasteiger partial charge is 0.481 e. The third kappa shape index (κ3) is 23.7. The zero-order chi connectivity index (χ0) is 9.82. The van der Waals surface area contributed by atoms with Gasteiger partial charge in [0, 0.05) is 6.42 Å². The molecule has 4 nitrogen and oxygen atoms in total. The minimum Gasteiger partial charge on any atom is -0.481 e. The van der Waals surface area contributed by atoms with Gasteiger partial charge in [-0.1, -0.05) is 19.8 Å². The minimum atomic E-state index is -0.682. The molecule has 0 bridgehead atoms. The SMILES string of the molecule is CCCCCC(=O)O.N#CC#N. The number of carboxylic acids is 1. The smallest absolute Gasteiger partial charge is 0.303 e. The molecule has 0 aliphatic heterocycles. The molecule has 4 heteroatoms. The summed E-state index contributed by atoms with van der Waals surface area (Å²) in [6.07, 6.45) is 3.28. The molecule has 0 saturated heterocycles. The molecule has 0 aliphatic carbocycles. The van der Waals surface area contributed by atoms with Crippen molar-refractivity contribution in [2.45, 2.75) is 32.6 Å². The van der Waals surface area contributed by atoms with E-state index in [-0.39, 0.29) is 0 Å². The van der Waals surface area contributed by atoms with E-state index in [4.69, 9.17) is 15.6 Å². The number of hydrogen-bond acceptors (Lipinski definition) is 3. The topological polar surface area (TPSA) is 84.9 Å². The van der Waals surface area contributed by atoms with E-state index in [0.717, 1.165) is 19.3 Å². The number of unbranched alkanes of at least 4 members (excludes halogenated alkanes) is 2. The summed E-state index contributed by atoms with van der Waals surface area (Å²) in [7, 11) is 0. The number of aliphatic carboxylic acids is 1. The standard InChI is InChI=1S/C6H12O2.C2N2/c1-2-3-4-5-6(7)8;3-1-2-4/h2-5H2,1H3,(H,7,8);. The lowest BCUT2D eigenvalue weighted by atomic mass is 10.2. The quantitative estimate of drug-likeness (QED) is 0.647. The predicted octanol–water partition coefficient (Wildman–Crippen LogP) is 1.68. The summed E-state index contributed by atoms with van der Waals surface area (Å²) in [6.45, 7) is 2.06. The molecule has 0 unspecified atom stereocenters. The second kappa shape index (κ2) is 12.2. The van der Waals surface area contributed by atoms with Crippen molar-refractivity contribution in [3.63, 3.8) is 0 Å². The maximum Gasteiger partial charge on any atom is 0.303 e. The molecule has 0 amide bonds. The summed E-state index contributed by atoms with van der Waals surface area (Å²) in [5.41, 5.74) is 0. The Balaban J connectivity index is 0. The normalized spacial score (nSPS) is 6.92. The zero-order valence-corrected chi connectivity index (χ0v) is 7.08. The van der Waals surface area contributed by atoms with Crippen molar-refractivity contribution in [2.24, 2.45) is 0 Å². The maximum absolute atomic E-state index is 9.87. The molecular formula is C8H12N2O2. The van der Waals surface area contributed by atoms with Gasteiger partial charge in [0.15, 0.2) is 12.1 Å². The zero-order valence-electron chi connectivity index (χ0n) is 7.08. The van der Waals surface area contributed by atoms with E-state index in [2.05, 4.69) is 6.92 Å². The average Bonchev–Trinajstić information content (AvgIpc) is 2.05. The molecule has 0 aliphatic rings. The van der Waals surface area contributed by atoms with Gasteiger partial charge in [-0.15, -0.1) is 0 Å². The van der Waals surface area contributed by atoms with Crippen molar-refractivity contribution < 1.29 is 9.90 Å². The average molecular weight is 168 g/mol. The molecule has 0 heterocycles. The van der Waals surface area contributed by atoms with E-state index in [0.29, 0.717) is 6.42 Å². The van der Waals surface area contributed by atoms with Crippen LogP contribution in [0.5, 0.6) is 0 Å². The van der Waals surface area contributed by atoms with Crippen LogP contribution in [0.4, 0.5) is 0 Å². The number of hydrogen-bond donors (Lipinski definition) is 1. The van der Waals surface area contributed by atoms with E-state index < -0.39 is 5.97 Å². The maximum atomic E-state index is 9.87. The summed E-state index contributed by atoms with van der Waals surface area (Å²) in [4.78, 5) is 9.87. The van der Waals surface area contributed by atoms with Crippen molar-refractivity contribution in [1.29, 1.82) is 10.5 Å². The summed E-state index contributed by atoms with van der Waals surface area (Å²) in [5, 5.41) is 22.7. The van der Waals surface area contributed by atoms with Crippen LogP contribution in [0, 0.1) is 22.7 Å². The summed E-state index contributed by atoms with van der Waals surface area (Å²) in [5.74, 6) is -0.682. The highest BCUT2D eigenvalue weighted by atomic mass is 16.4. The van der Waals surface area contributed by atoms with Crippen molar-refractivity contribution in [1.82, 2.24) is 0 Å². The Bertz CT molecular complexity index is 176. The molecule has 0 aromatic rings. The number of carboxylic acid groups (broad SMARTS) is 1. The lowest BCUT2D eigenvalue weighted by molar-refractivity contribution is -0.137. The Morgan fingerprint density at radius 2 is 1.83 bits per heavy atom. The van der Waals surface area contributed by atoms with Gasteiger partial charge in [0.2, 0.25) is 0 Å². The molecule has 0 fully saturated rings. The van der Waals surface area contributed by atoms with Gasteiger partial charge in [-0.25, -0.2) is 0 Å². The summed E-state index contributed by atoms with van der Waals surface area (Å²) >= 11 is 0. The first-order chi connectivity index (χ1) is 5.68. The molecule has 1 N–H and O–H groups in total. The summed E-state index contributed by atoms with van der Waals surface area (Å²) < 4.78 is 0. The van der Waals surface area contributed by atoms with Crippen molar-refractivity contribution >= 4 is 5.97 Å². The van der Waals surface area contributed by atoms with Gasteiger partial charge in [-0.05, 0) is 6.42 Å². The van der Waals surface area contributed by atoms with Gasteiger partial charge in [0.1, 0.15) is 0 Å². The van der Waals surface area contributed by atoms with E-state index in [9.17, 15) is 4.79 Å². The fraction of sp³-hybridized carbons (Fsp3) is 0.625. The van der Waals surface area contributed by atoms with Gasteiger partial charge in [-0.3, -0.25) is 4.79 Å². The van der Waals surface area contributed by atoms with Crippen molar-refractivity contribution in [2.75, 3.05) is 0 Å². The Morgan fingerprint density at radius 1 is 1.33 bits per heavy atom. The van der Waals surface area contributed by atoms with E-state index in [1.807, 2.05) is 0 Å². The van der Waals surface area contributed by atoms with Crippen molar-refractivity contribution in [3.8, 4) is 12.1 Å². The van der Waals surface area contributed by atoms with Crippen LogP contribution in [0.3, 0.4) is 0 Å². The lowest BCUT2D eigenvalue weighted by Gasteiger charge is -1.89. The Labute approximate surface area is 72.0 Å². The van der Waals surface area contributed by atoms with Gasteiger partial charge in [0.25, 0.3) is 0 Å². The van der Waals surface area contributed by atoms with Crippen LogP contribution in [0.15, 0.2) is 0 Å². The molecule has 12 heavy (non-hydrogen) atoms. The monoisotopic (exact) mass is 168 g/mol. The van der Waals surface area contributed by atoms with Gasteiger partial charge >= 0.3 is 5.97 Å². The first-order valence-electron chi connectivity index (χ1n) is 3.69. The molecule has 0 saturated carbocycles. The van der Waals surface area contributed by atoms with E-state index >= 15 is 0 Å². The molecule has 0 rings (SSSR count). The molecule has 0 spiro atoms. The molecule has 0 radical (unpaired) electrons. The fourth-order valence-electron chi connectivity index (χ4n) is 0.526. The molecule has 0 aromatic heterocycles. The molecule has 66 valence electrons. The van der Waals surface area contributed by atoms with Crippen LogP contribution >= 0.6 is 0 Å². The first kappa shape index (κ1) is 13.1. The Morgan fingerprint density at radius 3 is 2.08 bits per heavy atom. The van der Waals surface area contributed by atoms with Crippen LogP contribution in [-0.4, -0.2) is 11.1 Å². The minimum absolute atomic E-state index is 0.327. The second-order valence-electron chi connectivity index (χ2n) is 2.07. The van der Waals surface area contributed by atoms with Gasteiger partial charge in [0.05, 0.1) is 0 Å². The fourth-order valence-corrected chi connectivity index (χ4v) is 0.526. The van der Waals surface area contributed by atoms with Crippen LogP contribution in [0.2, 0.25) is 0 Å². The van der Waals surface area contributed by atoms with E-state index in [1.54, 1.807) is 0 Å². The third-order valence-corrected chi connectivity index (χ3v) is 1.04. The number of nitriles is 2. The highest BCUT2D eigenvalue weighted by Gasteiger charge is 1.92. The summed E-state index contributed by atoms with van der Waals surface area (Å²) in [6, 6.07) is 2.47. The molecule has 0 aromatic carbocycles. The van der Waals surface area contributed by atoms with Crippen LogP contribution in [-0.2, 0) is 4.79 Å². The highest BCUT2D eigenvalue weighted by molar-refractivity contribution is 5.66. The van der Waals surface area contributed by atoms with Crippen LogP contribution in [0.25, 0.3) is 0 Å². The van der Waals surface area contributed by atoms with E-state index in [1.165, 1.54) is 12.1 Å². The second-order valence-corrected chi connectivity index (χ2v) is 2.07. The van der Waals surface area contributed by atoms with Gasteiger partial charge < -0.3 is 5.11 Å².